The summed E-state index contributed by atoms with van der Waals surface area (Å²) in [5.41, 5.74) is 4.36. The molecule has 0 bridgehead atoms. The molecule has 0 spiro atoms. The van der Waals surface area contributed by atoms with E-state index >= 15 is 0 Å². The molecule has 3 aromatic carbocycles. The second kappa shape index (κ2) is 10.1. The summed E-state index contributed by atoms with van der Waals surface area (Å²) < 4.78 is 1.97. The van der Waals surface area contributed by atoms with Gasteiger partial charge >= 0.3 is 0 Å². The smallest absolute Gasteiger partial charge is 0.234 e. The maximum Gasteiger partial charge on any atom is 0.234 e. The molecule has 166 valence electrons. The highest BCUT2D eigenvalue weighted by atomic mass is 32.2. The Kier molecular flexibility index (Phi) is 6.85. The number of benzene rings is 3. The van der Waals surface area contributed by atoms with Crippen LogP contribution in [0.4, 0.5) is 11.4 Å². The van der Waals surface area contributed by atoms with Crippen LogP contribution < -0.4 is 10.6 Å². The molecule has 0 aliphatic rings. The maximum atomic E-state index is 12.6. The van der Waals surface area contributed by atoms with Crippen molar-refractivity contribution in [3.05, 3.63) is 84.4 Å². The monoisotopic (exact) mass is 457 g/mol. The quantitative estimate of drug-likeness (QED) is 0.384. The van der Waals surface area contributed by atoms with E-state index in [9.17, 15) is 9.59 Å². The third kappa shape index (κ3) is 5.67. The lowest BCUT2D eigenvalue weighted by Gasteiger charge is -2.11. The highest BCUT2D eigenvalue weighted by Gasteiger charge is 2.17. The molecular formula is C25H23N5O2S. The first-order chi connectivity index (χ1) is 16.0. The van der Waals surface area contributed by atoms with Crippen LogP contribution in [0, 0.1) is 6.92 Å². The third-order valence-corrected chi connectivity index (χ3v) is 5.71. The zero-order chi connectivity index (χ0) is 23.2. The van der Waals surface area contributed by atoms with E-state index in [0.29, 0.717) is 16.5 Å². The van der Waals surface area contributed by atoms with Gasteiger partial charge in [0.25, 0.3) is 0 Å². The first-order valence-corrected chi connectivity index (χ1v) is 11.4. The summed E-state index contributed by atoms with van der Waals surface area (Å²) in [6.07, 6.45) is 0. The van der Waals surface area contributed by atoms with Crippen LogP contribution in [0.25, 0.3) is 17.1 Å². The molecular weight excluding hydrogens is 434 g/mol. The Hall–Kier alpha value is -3.91. The van der Waals surface area contributed by atoms with Gasteiger partial charge in [-0.1, -0.05) is 59.8 Å². The van der Waals surface area contributed by atoms with Gasteiger partial charge in [0.2, 0.25) is 11.8 Å². The number of amides is 2. The number of rotatable bonds is 7. The summed E-state index contributed by atoms with van der Waals surface area (Å²) in [6.45, 7) is 3.49. The molecule has 1 aromatic heterocycles. The summed E-state index contributed by atoms with van der Waals surface area (Å²) in [6, 6.07) is 24.9. The van der Waals surface area contributed by atoms with Gasteiger partial charge in [0, 0.05) is 29.5 Å². The van der Waals surface area contributed by atoms with Crippen molar-refractivity contribution in [1.29, 1.82) is 0 Å². The second-order valence-electron chi connectivity index (χ2n) is 7.44. The van der Waals surface area contributed by atoms with Gasteiger partial charge in [0.05, 0.1) is 5.75 Å². The number of carbonyl (C=O) groups excluding carboxylic acids is 2. The van der Waals surface area contributed by atoms with E-state index in [-0.39, 0.29) is 17.6 Å². The molecule has 0 atom stereocenters. The van der Waals surface area contributed by atoms with Crippen molar-refractivity contribution in [2.24, 2.45) is 0 Å². The van der Waals surface area contributed by atoms with Crippen molar-refractivity contribution in [3.63, 3.8) is 0 Å². The number of hydrogen-bond donors (Lipinski definition) is 2. The third-order valence-electron chi connectivity index (χ3n) is 4.78. The molecule has 0 aliphatic carbocycles. The SMILES string of the molecule is CC(=O)Nc1ccc(NC(=O)CSc2nnc(-c3ccccc3)n2-c2ccc(C)cc2)cc1. The molecule has 0 saturated heterocycles. The van der Waals surface area contributed by atoms with Crippen molar-refractivity contribution in [1.82, 2.24) is 14.8 Å². The van der Waals surface area contributed by atoms with Gasteiger partial charge in [-0.2, -0.15) is 0 Å². The number of aryl methyl sites for hydroxylation is 1. The minimum Gasteiger partial charge on any atom is -0.326 e. The molecule has 0 fully saturated rings. The normalized spacial score (nSPS) is 10.6. The van der Waals surface area contributed by atoms with Crippen LogP contribution >= 0.6 is 11.8 Å². The molecule has 2 N–H and O–H groups in total. The second-order valence-corrected chi connectivity index (χ2v) is 8.38. The lowest BCUT2D eigenvalue weighted by Crippen LogP contribution is -2.14. The van der Waals surface area contributed by atoms with Crippen LogP contribution in [-0.4, -0.2) is 32.3 Å². The molecule has 4 rings (SSSR count). The van der Waals surface area contributed by atoms with Gasteiger partial charge in [-0.3, -0.25) is 14.2 Å². The molecule has 0 saturated carbocycles. The van der Waals surface area contributed by atoms with Crippen LogP contribution in [0.3, 0.4) is 0 Å². The maximum absolute atomic E-state index is 12.6. The van der Waals surface area contributed by atoms with Crippen LogP contribution in [0.1, 0.15) is 12.5 Å². The number of hydrogen-bond acceptors (Lipinski definition) is 5. The number of carbonyl (C=O) groups is 2. The minimum absolute atomic E-state index is 0.143. The van der Waals surface area contributed by atoms with Crippen molar-refractivity contribution >= 4 is 35.0 Å². The number of anilines is 2. The largest absolute Gasteiger partial charge is 0.326 e. The zero-order valence-corrected chi connectivity index (χ0v) is 19.1. The van der Waals surface area contributed by atoms with Crippen LogP contribution in [0.2, 0.25) is 0 Å². The molecule has 2 amide bonds. The van der Waals surface area contributed by atoms with Gasteiger partial charge < -0.3 is 10.6 Å². The van der Waals surface area contributed by atoms with Crippen molar-refractivity contribution in [3.8, 4) is 17.1 Å². The average molecular weight is 458 g/mol. The lowest BCUT2D eigenvalue weighted by atomic mass is 10.2. The first kappa shape index (κ1) is 22.3. The number of thioether (sulfide) groups is 1. The molecule has 0 aliphatic heterocycles. The molecule has 8 heteroatoms. The van der Waals surface area contributed by atoms with Crippen LogP contribution in [-0.2, 0) is 9.59 Å². The van der Waals surface area contributed by atoms with Gasteiger partial charge in [-0.15, -0.1) is 10.2 Å². The summed E-state index contributed by atoms with van der Waals surface area (Å²) in [5.74, 6) is 0.588. The standard InChI is InChI=1S/C25H23N5O2S/c1-17-8-14-22(15-9-17)30-24(19-6-4-3-5-7-19)28-29-25(30)33-16-23(32)27-21-12-10-20(11-13-21)26-18(2)31/h3-15H,16H2,1-2H3,(H,26,31)(H,27,32). The molecule has 4 aromatic rings. The van der Waals surface area contributed by atoms with Crippen LogP contribution in [0.15, 0.2) is 84.0 Å². The predicted molar refractivity (Wildman–Crippen MR) is 132 cm³/mol. The first-order valence-electron chi connectivity index (χ1n) is 10.4. The van der Waals surface area contributed by atoms with Crippen LogP contribution in [0.5, 0.6) is 0 Å². The predicted octanol–water partition coefficient (Wildman–Crippen LogP) is 4.93. The van der Waals surface area contributed by atoms with Gasteiger partial charge in [0.1, 0.15) is 0 Å². The fourth-order valence-electron chi connectivity index (χ4n) is 3.23. The Balaban J connectivity index is 1.51. The van der Waals surface area contributed by atoms with Gasteiger partial charge in [0.15, 0.2) is 11.0 Å². The van der Waals surface area contributed by atoms with E-state index in [4.69, 9.17) is 0 Å². The Labute approximate surface area is 196 Å². The average Bonchev–Trinajstić information content (AvgIpc) is 3.24. The summed E-state index contributed by atoms with van der Waals surface area (Å²) in [7, 11) is 0. The van der Waals surface area contributed by atoms with Gasteiger partial charge in [-0.05, 0) is 43.3 Å². The Bertz CT molecular complexity index is 1250. The molecule has 1 heterocycles. The van der Waals surface area contributed by atoms with E-state index in [1.165, 1.54) is 18.7 Å². The fraction of sp³-hybridized carbons (Fsp3) is 0.120. The molecule has 33 heavy (non-hydrogen) atoms. The Morgan fingerprint density at radius 1 is 0.848 bits per heavy atom. The van der Waals surface area contributed by atoms with Crippen molar-refractivity contribution < 1.29 is 9.59 Å². The van der Waals surface area contributed by atoms with E-state index in [1.807, 2.05) is 66.1 Å². The number of nitrogens with zero attached hydrogens (tertiary/aromatic N) is 3. The number of nitrogens with one attached hydrogen (secondary N) is 2. The van der Waals surface area contributed by atoms with Gasteiger partial charge in [-0.25, -0.2) is 0 Å². The van der Waals surface area contributed by atoms with E-state index in [1.54, 1.807) is 24.3 Å². The Morgan fingerprint density at radius 3 is 2.12 bits per heavy atom. The van der Waals surface area contributed by atoms with E-state index in [2.05, 4.69) is 20.8 Å². The number of aromatic nitrogens is 3. The fourth-order valence-corrected chi connectivity index (χ4v) is 3.98. The van der Waals surface area contributed by atoms with Crippen molar-refractivity contribution in [2.75, 3.05) is 16.4 Å². The summed E-state index contributed by atoms with van der Waals surface area (Å²) in [4.78, 5) is 23.7. The van der Waals surface area contributed by atoms with E-state index < -0.39 is 0 Å². The highest BCUT2D eigenvalue weighted by Crippen LogP contribution is 2.28. The highest BCUT2D eigenvalue weighted by molar-refractivity contribution is 7.99. The minimum atomic E-state index is -0.160. The topological polar surface area (TPSA) is 88.9 Å². The molecule has 0 radical (unpaired) electrons. The Morgan fingerprint density at radius 2 is 1.48 bits per heavy atom. The van der Waals surface area contributed by atoms with Crippen molar-refractivity contribution in [2.45, 2.75) is 19.0 Å². The van der Waals surface area contributed by atoms with E-state index in [0.717, 1.165) is 22.6 Å². The summed E-state index contributed by atoms with van der Waals surface area (Å²) in [5, 5.41) is 15.0. The summed E-state index contributed by atoms with van der Waals surface area (Å²) >= 11 is 1.32. The molecule has 7 nitrogen and oxygen atoms in total. The lowest BCUT2D eigenvalue weighted by molar-refractivity contribution is -0.114. The molecule has 0 unspecified atom stereocenters. The zero-order valence-electron chi connectivity index (χ0n) is 18.3.